The van der Waals surface area contributed by atoms with Crippen LogP contribution in [0.4, 0.5) is 0 Å². The molecule has 2 fully saturated rings. The second kappa shape index (κ2) is 3.68. The van der Waals surface area contributed by atoms with Gasteiger partial charge in [-0.15, -0.1) is 0 Å². The summed E-state index contributed by atoms with van der Waals surface area (Å²) >= 11 is 0. The molecule has 0 aromatic rings. The Hall–Kier alpha value is -0.660. The van der Waals surface area contributed by atoms with E-state index < -0.39 is 33.5 Å². The van der Waals surface area contributed by atoms with E-state index in [1.54, 1.807) is 0 Å². The number of carbonyl (C=O) groups is 1. The van der Waals surface area contributed by atoms with Crippen LogP contribution in [0.1, 0.15) is 19.3 Å². The number of hydrogen-bond acceptors (Lipinski definition) is 5. The van der Waals surface area contributed by atoms with E-state index in [2.05, 4.69) is 5.32 Å². The molecule has 2 aliphatic rings. The van der Waals surface area contributed by atoms with Crippen molar-refractivity contribution in [3.8, 4) is 0 Å². The molecule has 0 radical (unpaired) electrons. The summed E-state index contributed by atoms with van der Waals surface area (Å²) in [5.41, 5.74) is -1.02. The third-order valence-electron chi connectivity index (χ3n) is 3.40. The number of hydrogen-bond donors (Lipinski definition) is 3. The summed E-state index contributed by atoms with van der Waals surface area (Å²) in [5.74, 6) is -1.42. The van der Waals surface area contributed by atoms with Crippen LogP contribution in [0.5, 0.6) is 0 Å². The fraction of sp³-hybridized carbons (Fsp3) is 0.889. The standard InChI is InChI=1S/C9H15NO5S/c11-7-5-16(14,15)4-6(7)10-9(8(12)13)2-1-3-9/h6-7,10-11H,1-5H2,(H,12,13). The number of carboxylic acid groups (broad SMARTS) is 1. The minimum absolute atomic E-state index is 0.177. The SMILES string of the molecule is O=C(O)C1(NC2CS(=O)(=O)CC2O)CCC1. The van der Waals surface area contributed by atoms with Crippen LogP contribution >= 0.6 is 0 Å². The van der Waals surface area contributed by atoms with Crippen molar-refractivity contribution in [1.29, 1.82) is 0 Å². The molecule has 3 N–H and O–H groups in total. The van der Waals surface area contributed by atoms with Crippen molar-refractivity contribution in [2.75, 3.05) is 11.5 Å². The van der Waals surface area contributed by atoms with Gasteiger partial charge in [0.25, 0.3) is 0 Å². The highest BCUT2D eigenvalue weighted by atomic mass is 32.2. The predicted molar refractivity (Wildman–Crippen MR) is 55.8 cm³/mol. The van der Waals surface area contributed by atoms with Crippen LogP contribution in [0, 0.1) is 0 Å². The van der Waals surface area contributed by atoms with Crippen molar-refractivity contribution in [3.05, 3.63) is 0 Å². The summed E-state index contributed by atoms with van der Waals surface area (Å²) in [5, 5.41) is 21.4. The van der Waals surface area contributed by atoms with Gasteiger partial charge in [0.15, 0.2) is 9.84 Å². The molecule has 7 heteroatoms. The van der Waals surface area contributed by atoms with Crippen LogP contribution in [-0.4, -0.2) is 53.8 Å². The lowest BCUT2D eigenvalue weighted by molar-refractivity contribution is -0.149. The maximum Gasteiger partial charge on any atom is 0.323 e. The van der Waals surface area contributed by atoms with Gasteiger partial charge >= 0.3 is 5.97 Å². The van der Waals surface area contributed by atoms with Crippen LogP contribution in [0.25, 0.3) is 0 Å². The number of aliphatic hydroxyl groups is 1. The number of sulfone groups is 1. The fourth-order valence-corrected chi connectivity index (χ4v) is 4.01. The molecule has 2 rings (SSSR count). The molecule has 2 unspecified atom stereocenters. The number of aliphatic hydroxyl groups excluding tert-OH is 1. The van der Waals surface area contributed by atoms with Crippen molar-refractivity contribution >= 4 is 15.8 Å². The van der Waals surface area contributed by atoms with E-state index in [1.165, 1.54) is 0 Å². The van der Waals surface area contributed by atoms with E-state index in [-0.39, 0.29) is 11.5 Å². The molecule has 6 nitrogen and oxygen atoms in total. The van der Waals surface area contributed by atoms with Gasteiger partial charge in [-0.25, -0.2) is 8.42 Å². The van der Waals surface area contributed by atoms with Gasteiger partial charge in [0.05, 0.1) is 17.6 Å². The molecule has 1 saturated heterocycles. The molecule has 1 aliphatic carbocycles. The first-order chi connectivity index (χ1) is 7.35. The Balaban J connectivity index is 2.08. The van der Waals surface area contributed by atoms with E-state index in [0.717, 1.165) is 6.42 Å². The third-order valence-corrected chi connectivity index (χ3v) is 5.12. The first kappa shape index (κ1) is 11.8. The minimum Gasteiger partial charge on any atom is -0.480 e. The zero-order valence-electron chi connectivity index (χ0n) is 8.72. The highest BCUT2D eigenvalue weighted by Gasteiger charge is 2.49. The molecular formula is C9H15NO5S. The van der Waals surface area contributed by atoms with Crippen molar-refractivity contribution in [1.82, 2.24) is 5.32 Å². The zero-order chi connectivity index (χ0) is 12.0. The molecule has 1 saturated carbocycles. The lowest BCUT2D eigenvalue weighted by atomic mass is 9.76. The quantitative estimate of drug-likeness (QED) is 0.577. The molecule has 2 atom stereocenters. The largest absolute Gasteiger partial charge is 0.480 e. The fourth-order valence-electron chi connectivity index (χ4n) is 2.27. The monoisotopic (exact) mass is 249 g/mol. The molecule has 1 aliphatic heterocycles. The molecule has 0 aromatic carbocycles. The summed E-state index contributed by atoms with van der Waals surface area (Å²) in [6.45, 7) is 0. The Morgan fingerprint density at radius 3 is 2.25 bits per heavy atom. The zero-order valence-corrected chi connectivity index (χ0v) is 9.53. The number of rotatable bonds is 3. The van der Waals surface area contributed by atoms with E-state index in [1.807, 2.05) is 0 Å². The lowest BCUT2D eigenvalue weighted by Gasteiger charge is -2.41. The Morgan fingerprint density at radius 1 is 1.31 bits per heavy atom. The van der Waals surface area contributed by atoms with Gasteiger partial charge in [-0.2, -0.15) is 0 Å². The van der Waals surface area contributed by atoms with Crippen molar-refractivity contribution < 1.29 is 23.4 Å². The van der Waals surface area contributed by atoms with Crippen LogP contribution in [0.15, 0.2) is 0 Å². The maximum atomic E-state index is 11.3. The van der Waals surface area contributed by atoms with Gasteiger partial charge in [0.1, 0.15) is 5.54 Å². The molecule has 0 amide bonds. The van der Waals surface area contributed by atoms with E-state index in [0.29, 0.717) is 12.8 Å². The predicted octanol–water partition coefficient (Wildman–Crippen LogP) is -1.26. The summed E-state index contributed by atoms with van der Waals surface area (Å²) in [7, 11) is -3.23. The summed E-state index contributed by atoms with van der Waals surface area (Å²) < 4.78 is 22.5. The Morgan fingerprint density at radius 2 is 1.94 bits per heavy atom. The van der Waals surface area contributed by atoms with Crippen LogP contribution in [0.3, 0.4) is 0 Å². The Kier molecular flexibility index (Phi) is 2.72. The summed E-state index contributed by atoms with van der Waals surface area (Å²) in [6.07, 6.45) is 0.799. The normalized spacial score (nSPS) is 35.6. The van der Waals surface area contributed by atoms with Gasteiger partial charge in [-0.1, -0.05) is 0 Å². The van der Waals surface area contributed by atoms with E-state index in [4.69, 9.17) is 5.11 Å². The van der Waals surface area contributed by atoms with Gasteiger partial charge in [0.2, 0.25) is 0 Å². The van der Waals surface area contributed by atoms with Crippen molar-refractivity contribution in [2.24, 2.45) is 0 Å². The van der Waals surface area contributed by atoms with Gasteiger partial charge in [-0.3, -0.25) is 10.1 Å². The van der Waals surface area contributed by atoms with Crippen molar-refractivity contribution in [2.45, 2.75) is 36.9 Å². The molecule has 0 spiro atoms. The Bertz CT molecular complexity index is 400. The van der Waals surface area contributed by atoms with Crippen LogP contribution in [-0.2, 0) is 14.6 Å². The first-order valence-electron chi connectivity index (χ1n) is 5.24. The molecule has 0 aromatic heterocycles. The molecule has 16 heavy (non-hydrogen) atoms. The minimum atomic E-state index is -3.23. The third kappa shape index (κ3) is 1.94. The lowest BCUT2D eigenvalue weighted by Crippen LogP contribution is -2.62. The van der Waals surface area contributed by atoms with Crippen LogP contribution in [0.2, 0.25) is 0 Å². The Labute approximate surface area is 93.6 Å². The first-order valence-corrected chi connectivity index (χ1v) is 7.06. The topological polar surface area (TPSA) is 104 Å². The average Bonchev–Trinajstić information content (AvgIpc) is 2.31. The van der Waals surface area contributed by atoms with Gasteiger partial charge in [-0.05, 0) is 19.3 Å². The van der Waals surface area contributed by atoms with Crippen molar-refractivity contribution in [3.63, 3.8) is 0 Å². The number of aliphatic carboxylic acids is 1. The highest BCUT2D eigenvalue weighted by molar-refractivity contribution is 7.91. The smallest absolute Gasteiger partial charge is 0.323 e. The molecule has 0 bridgehead atoms. The average molecular weight is 249 g/mol. The maximum absolute atomic E-state index is 11.3. The molecular weight excluding hydrogens is 234 g/mol. The van der Waals surface area contributed by atoms with Gasteiger partial charge < -0.3 is 10.2 Å². The summed E-state index contributed by atoms with van der Waals surface area (Å²) in [6, 6.07) is -0.651. The number of carboxylic acids is 1. The second-order valence-electron chi connectivity index (χ2n) is 4.64. The van der Waals surface area contributed by atoms with Gasteiger partial charge in [0, 0.05) is 6.04 Å². The van der Waals surface area contributed by atoms with Crippen LogP contribution < -0.4 is 5.32 Å². The number of nitrogens with one attached hydrogen (secondary N) is 1. The highest BCUT2D eigenvalue weighted by Crippen LogP contribution is 2.33. The molecule has 1 heterocycles. The molecule has 92 valence electrons. The van der Waals surface area contributed by atoms with E-state index >= 15 is 0 Å². The van der Waals surface area contributed by atoms with E-state index in [9.17, 15) is 18.3 Å². The summed E-state index contributed by atoms with van der Waals surface area (Å²) in [4.78, 5) is 11.1. The second-order valence-corrected chi connectivity index (χ2v) is 6.79.